The van der Waals surface area contributed by atoms with E-state index >= 15 is 0 Å². The van der Waals surface area contributed by atoms with Gasteiger partial charge in [-0.05, 0) is 69.6 Å². The maximum absolute atomic E-state index is 14.5. The number of nitrogens with zero attached hydrogens (tertiary/aromatic N) is 1. The second-order valence-corrected chi connectivity index (χ2v) is 10.2. The van der Waals surface area contributed by atoms with Gasteiger partial charge in [0, 0.05) is 37.8 Å². The first kappa shape index (κ1) is 27.5. The summed E-state index contributed by atoms with van der Waals surface area (Å²) in [4.78, 5) is 15.1. The molecule has 37 heavy (non-hydrogen) atoms. The van der Waals surface area contributed by atoms with Gasteiger partial charge in [-0.1, -0.05) is 30.3 Å². The highest BCUT2D eigenvalue weighted by atomic mass is 19.1. The van der Waals surface area contributed by atoms with Crippen LogP contribution in [0.15, 0.2) is 48.5 Å². The SMILES string of the molecule is COCCCC[C@@]1(c2ccccc2Oc2ccccc2F)CCCCN(C(=O)[C@H]2C[C@@H](N)[C@@H](O)C2)CO1. The Balaban J connectivity index is 1.60. The Bertz CT molecular complexity index is 1030. The van der Waals surface area contributed by atoms with Crippen LogP contribution >= 0.6 is 0 Å². The van der Waals surface area contributed by atoms with Crippen molar-refractivity contribution in [3.8, 4) is 11.5 Å². The van der Waals surface area contributed by atoms with Crippen molar-refractivity contribution in [1.29, 1.82) is 0 Å². The Morgan fingerprint density at radius 2 is 1.89 bits per heavy atom. The lowest BCUT2D eigenvalue weighted by atomic mass is 9.82. The van der Waals surface area contributed by atoms with Crippen LogP contribution in [0.2, 0.25) is 0 Å². The highest BCUT2D eigenvalue weighted by Gasteiger charge is 2.40. The molecule has 1 heterocycles. The van der Waals surface area contributed by atoms with E-state index in [-0.39, 0.29) is 30.3 Å². The predicted molar refractivity (Wildman–Crippen MR) is 139 cm³/mol. The quantitative estimate of drug-likeness (QED) is 0.471. The van der Waals surface area contributed by atoms with Crippen molar-refractivity contribution in [2.45, 2.75) is 69.1 Å². The molecule has 4 atom stereocenters. The molecule has 3 N–H and O–H groups in total. The van der Waals surface area contributed by atoms with Gasteiger partial charge in [-0.3, -0.25) is 4.79 Å². The van der Waals surface area contributed by atoms with Gasteiger partial charge in [0.2, 0.25) is 5.91 Å². The number of aliphatic hydroxyl groups is 1. The number of amides is 1. The average Bonchev–Trinajstić information content (AvgIpc) is 3.23. The average molecular weight is 515 g/mol. The summed E-state index contributed by atoms with van der Waals surface area (Å²) < 4.78 is 32.5. The molecule has 2 aliphatic rings. The minimum absolute atomic E-state index is 0.0157. The van der Waals surface area contributed by atoms with E-state index in [1.807, 2.05) is 24.3 Å². The first-order valence-electron chi connectivity index (χ1n) is 13.3. The maximum atomic E-state index is 14.5. The zero-order valence-electron chi connectivity index (χ0n) is 21.6. The molecule has 2 aromatic rings. The van der Waals surface area contributed by atoms with Gasteiger partial charge in [0.05, 0.1) is 11.7 Å². The molecule has 1 amide bonds. The standard InChI is InChI=1S/C29H39FN2O5/c1-35-17-9-7-15-29(22-10-2-4-12-26(22)37-27-13-5-3-11-23(27)30)14-6-8-16-32(20-36-29)28(34)21-18-24(31)25(33)19-21/h2-5,10-13,21,24-25,33H,6-9,14-20,31H2,1H3/t21-,24+,25-,29+/m0/s1. The van der Waals surface area contributed by atoms with Gasteiger partial charge in [-0.2, -0.15) is 0 Å². The number of halogens is 1. The summed E-state index contributed by atoms with van der Waals surface area (Å²) in [7, 11) is 1.69. The van der Waals surface area contributed by atoms with Crippen LogP contribution in [0.3, 0.4) is 0 Å². The number of rotatable bonds is 9. The van der Waals surface area contributed by atoms with Crippen molar-refractivity contribution in [2.24, 2.45) is 11.7 Å². The molecule has 2 aromatic carbocycles. The molecule has 1 aliphatic heterocycles. The Labute approximate surface area is 218 Å². The molecule has 7 nitrogen and oxygen atoms in total. The number of hydrogen-bond acceptors (Lipinski definition) is 6. The van der Waals surface area contributed by atoms with Crippen LogP contribution in [-0.4, -0.2) is 55.1 Å². The molecule has 0 spiro atoms. The fraction of sp³-hybridized carbons (Fsp3) is 0.552. The van der Waals surface area contributed by atoms with Crippen molar-refractivity contribution in [2.75, 3.05) is 27.0 Å². The number of carbonyl (C=O) groups excluding carboxylic acids is 1. The Hall–Kier alpha value is -2.52. The molecule has 1 aliphatic carbocycles. The van der Waals surface area contributed by atoms with E-state index in [1.54, 1.807) is 30.2 Å². The summed E-state index contributed by atoms with van der Waals surface area (Å²) in [6, 6.07) is 13.6. The molecule has 0 bridgehead atoms. The molecule has 2 fully saturated rings. The third kappa shape index (κ3) is 6.68. The number of methoxy groups -OCH3 is 1. The highest BCUT2D eigenvalue weighted by Crippen LogP contribution is 2.44. The Morgan fingerprint density at radius 3 is 2.62 bits per heavy atom. The number of benzene rings is 2. The topological polar surface area (TPSA) is 94.3 Å². The van der Waals surface area contributed by atoms with E-state index in [9.17, 15) is 14.3 Å². The molecule has 202 valence electrons. The summed E-state index contributed by atoms with van der Waals surface area (Å²) in [6.07, 6.45) is 5.12. The summed E-state index contributed by atoms with van der Waals surface area (Å²) in [5.41, 5.74) is 6.12. The normalized spacial score (nSPS) is 26.5. The van der Waals surface area contributed by atoms with Gasteiger partial charge in [-0.15, -0.1) is 0 Å². The van der Waals surface area contributed by atoms with E-state index in [4.69, 9.17) is 19.9 Å². The van der Waals surface area contributed by atoms with E-state index < -0.39 is 17.5 Å². The Kier molecular flexibility index (Phi) is 9.54. The van der Waals surface area contributed by atoms with Crippen molar-refractivity contribution in [3.05, 3.63) is 59.9 Å². The molecule has 0 unspecified atom stereocenters. The third-order valence-corrected chi connectivity index (χ3v) is 7.61. The summed E-state index contributed by atoms with van der Waals surface area (Å²) in [6.45, 7) is 1.39. The van der Waals surface area contributed by atoms with Gasteiger partial charge in [-0.25, -0.2) is 4.39 Å². The van der Waals surface area contributed by atoms with Gasteiger partial charge in [0.25, 0.3) is 0 Å². The smallest absolute Gasteiger partial charge is 0.227 e. The van der Waals surface area contributed by atoms with E-state index in [1.165, 1.54) is 6.07 Å². The number of unbranched alkanes of at least 4 members (excludes halogenated alkanes) is 1. The third-order valence-electron chi connectivity index (χ3n) is 7.61. The zero-order chi connectivity index (χ0) is 26.3. The summed E-state index contributed by atoms with van der Waals surface area (Å²) >= 11 is 0. The van der Waals surface area contributed by atoms with E-state index in [0.717, 1.165) is 37.7 Å². The van der Waals surface area contributed by atoms with E-state index in [0.29, 0.717) is 38.2 Å². The number of ether oxygens (including phenoxy) is 3. The van der Waals surface area contributed by atoms with Crippen LogP contribution < -0.4 is 10.5 Å². The summed E-state index contributed by atoms with van der Waals surface area (Å²) in [5, 5.41) is 10.1. The van der Waals surface area contributed by atoms with Gasteiger partial charge in [0.15, 0.2) is 11.6 Å². The minimum atomic E-state index is -0.708. The van der Waals surface area contributed by atoms with Gasteiger partial charge >= 0.3 is 0 Å². The monoisotopic (exact) mass is 514 g/mol. The van der Waals surface area contributed by atoms with Gasteiger partial charge in [0.1, 0.15) is 12.5 Å². The first-order chi connectivity index (χ1) is 17.9. The molecule has 0 aromatic heterocycles. The fourth-order valence-corrected chi connectivity index (χ4v) is 5.51. The molecular weight excluding hydrogens is 475 g/mol. The van der Waals surface area contributed by atoms with Crippen LogP contribution in [0.4, 0.5) is 4.39 Å². The molecular formula is C29H39FN2O5. The lowest BCUT2D eigenvalue weighted by Gasteiger charge is -2.40. The van der Waals surface area contributed by atoms with Crippen LogP contribution in [0, 0.1) is 11.7 Å². The number of hydrogen-bond donors (Lipinski definition) is 2. The van der Waals surface area contributed by atoms with Crippen molar-refractivity contribution < 1.29 is 28.5 Å². The van der Waals surface area contributed by atoms with Crippen LogP contribution in [-0.2, 0) is 19.9 Å². The van der Waals surface area contributed by atoms with Crippen LogP contribution in [0.5, 0.6) is 11.5 Å². The van der Waals surface area contributed by atoms with Crippen molar-refractivity contribution >= 4 is 5.91 Å². The van der Waals surface area contributed by atoms with Crippen LogP contribution in [0.1, 0.15) is 56.9 Å². The fourth-order valence-electron chi connectivity index (χ4n) is 5.51. The predicted octanol–water partition coefficient (Wildman–Crippen LogP) is 4.71. The number of nitrogens with two attached hydrogens (primary N) is 1. The first-order valence-corrected chi connectivity index (χ1v) is 13.3. The molecule has 8 heteroatoms. The lowest BCUT2D eigenvalue weighted by molar-refractivity contribution is -0.157. The number of aliphatic hydroxyl groups excluding tert-OH is 1. The molecule has 1 saturated heterocycles. The molecule has 4 rings (SSSR count). The minimum Gasteiger partial charge on any atom is -0.454 e. The Morgan fingerprint density at radius 1 is 1.14 bits per heavy atom. The zero-order valence-corrected chi connectivity index (χ0v) is 21.6. The second-order valence-electron chi connectivity index (χ2n) is 10.2. The molecule has 1 saturated carbocycles. The number of para-hydroxylation sites is 2. The maximum Gasteiger partial charge on any atom is 0.227 e. The number of carbonyl (C=O) groups is 1. The lowest BCUT2D eigenvalue weighted by Crippen LogP contribution is -2.44. The van der Waals surface area contributed by atoms with Crippen molar-refractivity contribution in [1.82, 2.24) is 4.90 Å². The van der Waals surface area contributed by atoms with Gasteiger partial charge < -0.3 is 30.0 Å². The second kappa shape index (κ2) is 12.8. The largest absolute Gasteiger partial charge is 0.454 e. The van der Waals surface area contributed by atoms with E-state index in [2.05, 4.69) is 0 Å². The molecule has 0 radical (unpaired) electrons. The van der Waals surface area contributed by atoms with Crippen molar-refractivity contribution in [3.63, 3.8) is 0 Å². The van der Waals surface area contributed by atoms with Crippen LogP contribution in [0.25, 0.3) is 0 Å². The highest BCUT2D eigenvalue weighted by molar-refractivity contribution is 5.79. The summed E-state index contributed by atoms with van der Waals surface area (Å²) in [5.74, 6) is -0.0383.